The Kier molecular flexibility index (Phi) is 29.6. The van der Waals surface area contributed by atoms with Crippen LogP contribution < -0.4 is 24.9 Å². The van der Waals surface area contributed by atoms with E-state index >= 15 is 0 Å². The van der Waals surface area contributed by atoms with Crippen LogP contribution in [0.2, 0.25) is 0 Å². The molecule has 0 aliphatic heterocycles. The van der Waals surface area contributed by atoms with Gasteiger partial charge in [0, 0.05) is 0 Å². The molecule has 0 heterocycles. The summed E-state index contributed by atoms with van der Waals surface area (Å²) in [6.07, 6.45) is 0. The van der Waals surface area contributed by atoms with Crippen LogP contribution in [-0.4, -0.2) is 5.48 Å². The first-order chi connectivity index (χ1) is 6.00. The van der Waals surface area contributed by atoms with Gasteiger partial charge in [-0.1, -0.05) is 0 Å². The van der Waals surface area contributed by atoms with Crippen molar-refractivity contribution in [3.63, 3.8) is 0 Å². The molecule has 0 bridgehead atoms. The van der Waals surface area contributed by atoms with Crippen LogP contribution in [0.5, 0.6) is 0 Å². The molecule has 0 unspecified atom stereocenters. The normalized spacial score (nSPS) is 9.67. The minimum atomic E-state index is -5.75. The summed E-state index contributed by atoms with van der Waals surface area (Å²) in [6.45, 7) is 0. The average Bonchev–Trinajstić information content (AvgIpc) is 1.41. The van der Waals surface area contributed by atoms with Gasteiger partial charge in [-0.25, -0.2) is 0 Å². The SMILES string of the molecule is O.[Cr+3].[Cr+3].[O]=[Cr](=[O])([O-])[O-].[O]=[Cr](=[O])([O-])[O-].[O]=[Cr](=[O])([O-])[O-]. The van der Waals surface area contributed by atoms with Crippen molar-refractivity contribution in [2.45, 2.75) is 0 Å². The van der Waals surface area contributed by atoms with Gasteiger partial charge in [0.1, 0.15) is 0 Å². The van der Waals surface area contributed by atoms with Crippen molar-refractivity contribution in [2.75, 3.05) is 0 Å². The van der Waals surface area contributed by atoms with Crippen molar-refractivity contribution in [2.24, 2.45) is 0 Å². The Hall–Kier alpha value is 1.18. The van der Waals surface area contributed by atoms with Crippen molar-refractivity contribution in [3.05, 3.63) is 0 Å². The van der Waals surface area contributed by atoms with E-state index in [1.54, 1.807) is 0 Å². The van der Waals surface area contributed by atoms with E-state index in [-0.39, 0.29) is 40.2 Å². The van der Waals surface area contributed by atoms with Gasteiger partial charge < -0.3 is 5.48 Å². The molecular weight excluding hydrogens is 468 g/mol. The van der Waals surface area contributed by atoms with Crippen LogP contribution >= 0.6 is 0 Å². The molecule has 18 heteroatoms. The van der Waals surface area contributed by atoms with E-state index < -0.39 is 40.8 Å². The van der Waals surface area contributed by atoms with Gasteiger partial charge in [0.2, 0.25) is 0 Å². The summed E-state index contributed by atoms with van der Waals surface area (Å²) in [6, 6.07) is 0. The van der Waals surface area contributed by atoms with Gasteiger partial charge in [-0.05, 0) is 0 Å². The fraction of sp³-hybridized carbons (Fsp3) is 0. The molecule has 2 N–H and O–H groups in total. The summed E-state index contributed by atoms with van der Waals surface area (Å²) < 4.78 is 103. The molecule has 0 rings (SSSR count). The van der Waals surface area contributed by atoms with Crippen molar-refractivity contribution in [3.8, 4) is 0 Å². The molecule has 0 amide bonds. The van der Waals surface area contributed by atoms with Crippen LogP contribution in [-0.2, 0) is 98.4 Å². The Balaban J connectivity index is -0.0000000277. The van der Waals surface area contributed by atoms with Crippen LogP contribution in [0.3, 0.4) is 0 Å². The molecule has 0 saturated carbocycles. The van der Waals surface area contributed by atoms with E-state index in [0.29, 0.717) is 0 Å². The standard InChI is InChI=1S/5Cr.H2O.12O/h;;;;;1H2;;;;;;;;;;;;/q;;;2*+3;;;;;;;;6*-1. The van der Waals surface area contributed by atoms with E-state index in [2.05, 4.69) is 0 Å². The van der Waals surface area contributed by atoms with Crippen molar-refractivity contribution in [1.29, 1.82) is 0 Å². The van der Waals surface area contributed by atoms with Gasteiger partial charge in [-0.2, -0.15) is 0 Å². The summed E-state index contributed by atoms with van der Waals surface area (Å²) in [5.41, 5.74) is 0. The predicted octanol–water partition coefficient (Wildman–Crippen LogP) is -8.68. The van der Waals surface area contributed by atoms with Crippen LogP contribution in [0.4, 0.5) is 0 Å². The minimum absolute atomic E-state index is 0. The fourth-order valence-corrected chi connectivity index (χ4v) is 0. The molecule has 2 radical (unpaired) electrons. The molecule has 13 nitrogen and oxygen atoms in total. The van der Waals surface area contributed by atoms with Gasteiger partial charge >= 0.3 is 123 Å². The van der Waals surface area contributed by atoms with Gasteiger partial charge in [0.25, 0.3) is 0 Å². The molecule has 0 aliphatic rings. The fourth-order valence-electron chi connectivity index (χ4n) is 0. The summed E-state index contributed by atoms with van der Waals surface area (Å²) in [5, 5.41) is 0. The molecule has 0 atom stereocenters. The number of rotatable bonds is 0. The van der Waals surface area contributed by atoms with Crippen molar-refractivity contribution >= 4 is 0 Å². The van der Waals surface area contributed by atoms with E-state index in [4.69, 9.17) is 47.8 Å². The van der Waals surface area contributed by atoms with Crippen LogP contribution in [0.25, 0.3) is 0 Å². The summed E-state index contributed by atoms with van der Waals surface area (Å²) in [7, 11) is 0. The first-order valence-electron chi connectivity index (χ1n) is 2.00. The zero-order valence-corrected chi connectivity index (χ0v) is 13.8. The third-order valence-corrected chi connectivity index (χ3v) is 0. The second-order valence-corrected chi connectivity index (χ2v) is 5.05. The Morgan fingerprint density at radius 3 is 0.444 bits per heavy atom. The summed E-state index contributed by atoms with van der Waals surface area (Å²) >= 11 is -17.2. The molecule has 0 aromatic carbocycles. The van der Waals surface area contributed by atoms with Crippen LogP contribution in [0.15, 0.2) is 0 Å². The second kappa shape index (κ2) is 14.6. The average molecular weight is 470 g/mol. The van der Waals surface area contributed by atoms with E-state index in [1.807, 2.05) is 0 Å². The molecule has 110 valence electrons. The second-order valence-electron chi connectivity index (χ2n) is 1.22. The molecule has 18 heavy (non-hydrogen) atoms. The van der Waals surface area contributed by atoms with Gasteiger partial charge in [0.15, 0.2) is 0 Å². The predicted molar refractivity (Wildman–Crippen MR) is 7.73 cm³/mol. The molecule has 0 aliphatic carbocycles. The maximum atomic E-state index is 8.59. The number of hydrogen-bond donors (Lipinski definition) is 0. The molecular formula is H2Cr5O13. The van der Waals surface area contributed by atoms with Crippen LogP contribution in [0, 0.1) is 0 Å². The van der Waals surface area contributed by atoms with E-state index in [9.17, 15) is 0 Å². The van der Waals surface area contributed by atoms with Crippen LogP contribution in [0.1, 0.15) is 0 Å². The van der Waals surface area contributed by atoms with Gasteiger partial charge in [-0.15, -0.1) is 0 Å². The van der Waals surface area contributed by atoms with Gasteiger partial charge in [0.05, 0.1) is 0 Å². The Morgan fingerprint density at radius 2 is 0.444 bits per heavy atom. The molecule has 0 saturated heterocycles. The maximum absolute atomic E-state index is 8.59. The van der Waals surface area contributed by atoms with Crippen molar-refractivity contribution < 1.29 is 129 Å². The Labute approximate surface area is 128 Å². The quantitative estimate of drug-likeness (QED) is 0.319. The van der Waals surface area contributed by atoms with E-state index in [0.717, 1.165) is 0 Å². The molecule has 0 fully saturated rings. The van der Waals surface area contributed by atoms with Gasteiger partial charge in [-0.3, -0.25) is 0 Å². The Morgan fingerprint density at radius 1 is 0.444 bits per heavy atom. The third-order valence-electron chi connectivity index (χ3n) is 0. The zero-order valence-electron chi connectivity index (χ0n) is 7.44. The molecule has 0 aromatic heterocycles. The van der Waals surface area contributed by atoms with E-state index in [1.165, 1.54) is 0 Å². The van der Waals surface area contributed by atoms with Crippen molar-refractivity contribution in [1.82, 2.24) is 0 Å². The monoisotopic (exact) mass is 470 g/mol. The summed E-state index contributed by atoms with van der Waals surface area (Å²) in [4.78, 5) is 0. The summed E-state index contributed by atoms with van der Waals surface area (Å²) in [5.74, 6) is 0. The first-order valence-corrected chi connectivity index (χ1v) is 8.25. The molecule has 0 spiro atoms. The topological polar surface area (TPSA) is 272 Å². The Bertz CT molecular complexity index is 336. The molecule has 0 aromatic rings. The first kappa shape index (κ1) is 36.5. The zero-order chi connectivity index (χ0) is 13.5. The number of hydrogen-bond acceptors (Lipinski definition) is 12. The third kappa shape index (κ3) is 3220.